The van der Waals surface area contributed by atoms with E-state index in [1.54, 1.807) is 0 Å². The van der Waals surface area contributed by atoms with Crippen molar-refractivity contribution in [2.75, 3.05) is 5.32 Å². The van der Waals surface area contributed by atoms with Crippen molar-refractivity contribution in [1.82, 2.24) is 0 Å². The van der Waals surface area contributed by atoms with Crippen LogP contribution in [0.1, 0.15) is 18.4 Å². The van der Waals surface area contributed by atoms with E-state index in [0.717, 1.165) is 18.5 Å². The Morgan fingerprint density at radius 2 is 2.29 bits per heavy atom. The first-order chi connectivity index (χ1) is 6.75. The molecule has 0 saturated heterocycles. The highest BCUT2D eigenvalue weighted by Gasteiger charge is 2.16. The Labute approximate surface area is 82.8 Å². The molecular formula is C11H12NO2-. The lowest BCUT2D eigenvalue weighted by Gasteiger charge is -2.27. The monoisotopic (exact) mass is 190 g/mol. The molecule has 0 fully saturated rings. The number of rotatable bonds is 2. The van der Waals surface area contributed by atoms with E-state index in [2.05, 4.69) is 11.4 Å². The molecule has 3 nitrogen and oxygen atoms in total. The molecule has 1 aromatic carbocycles. The van der Waals surface area contributed by atoms with Gasteiger partial charge in [0.2, 0.25) is 0 Å². The standard InChI is InChI=1S/C11H13NO2/c13-11(14)7-9-6-5-8-3-1-2-4-10(8)12-9/h1-4,9,12H,5-7H2,(H,13,14)/p-1/t9-/m0/s1. The first-order valence-electron chi connectivity index (χ1n) is 4.80. The van der Waals surface area contributed by atoms with E-state index in [0.29, 0.717) is 0 Å². The quantitative estimate of drug-likeness (QED) is 0.741. The van der Waals surface area contributed by atoms with Crippen LogP contribution in [0.4, 0.5) is 5.69 Å². The van der Waals surface area contributed by atoms with Crippen molar-refractivity contribution in [2.24, 2.45) is 0 Å². The summed E-state index contributed by atoms with van der Waals surface area (Å²) in [4.78, 5) is 10.4. The lowest BCUT2D eigenvalue weighted by Crippen LogP contribution is -2.33. The first kappa shape index (κ1) is 9.06. The molecule has 1 aliphatic heterocycles. The Morgan fingerprint density at radius 3 is 3.07 bits per heavy atom. The summed E-state index contributed by atoms with van der Waals surface area (Å²) in [7, 11) is 0. The van der Waals surface area contributed by atoms with E-state index in [4.69, 9.17) is 0 Å². The van der Waals surface area contributed by atoms with Gasteiger partial charge in [0.05, 0.1) is 0 Å². The molecule has 0 spiro atoms. The highest BCUT2D eigenvalue weighted by atomic mass is 16.4. The molecule has 0 bridgehead atoms. The maximum Gasteiger partial charge on any atom is 0.0434 e. The molecule has 3 heteroatoms. The second-order valence-electron chi connectivity index (χ2n) is 3.61. The maximum atomic E-state index is 10.4. The van der Waals surface area contributed by atoms with Gasteiger partial charge < -0.3 is 15.2 Å². The molecule has 0 aliphatic carbocycles. The molecule has 0 aromatic heterocycles. The van der Waals surface area contributed by atoms with Crippen LogP contribution >= 0.6 is 0 Å². The lowest BCUT2D eigenvalue weighted by atomic mass is 9.96. The second kappa shape index (κ2) is 3.70. The van der Waals surface area contributed by atoms with Gasteiger partial charge in [0.25, 0.3) is 0 Å². The molecule has 2 rings (SSSR count). The largest absolute Gasteiger partial charge is 0.550 e. The SMILES string of the molecule is O=C([O-])C[C@@H]1CCc2ccccc2N1. The molecule has 74 valence electrons. The van der Waals surface area contributed by atoms with Gasteiger partial charge in [0.1, 0.15) is 0 Å². The Bertz CT molecular complexity index is 349. The van der Waals surface area contributed by atoms with Crippen molar-refractivity contribution in [2.45, 2.75) is 25.3 Å². The average molecular weight is 190 g/mol. The van der Waals surface area contributed by atoms with Crippen molar-refractivity contribution >= 4 is 11.7 Å². The van der Waals surface area contributed by atoms with Gasteiger partial charge in [0, 0.05) is 24.1 Å². The van der Waals surface area contributed by atoms with Gasteiger partial charge in [-0.15, -0.1) is 0 Å². The summed E-state index contributed by atoms with van der Waals surface area (Å²) < 4.78 is 0. The highest BCUT2D eigenvalue weighted by Crippen LogP contribution is 2.25. The molecule has 1 aliphatic rings. The molecule has 0 amide bonds. The lowest BCUT2D eigenvalue weighted by molar-refractivity contribution is -0.306. The number of fused-ring (bicyclic) bond motifs is 1. The summed E-state index contributed by atoms with van der Waals surface area (Å²) in [6.07, 6.45) is 1.90. The van der Waals surface area contributed by atoms with Gasteiger partial charge in [-0.2, -0.15) is 0 Å². The van der Waals surface area contributed by atoms with E-state index in [-0.39, 0.29) is 12.5 Å². The van der Waals surface area contributed by atoms with Gasteiger partial charge in [-0.1, -0.05) is 18.2 Å². The van der Waals surface area contributed by atoms with Crippen molar-refractivity contribution < 1.29 is 9.90 Å². The third-order valence-electron chi connectivity index (χ3n) is 2.55. The second-order valence-corrected chi connectivity index (χ2v) is 3.61. The van der Waals surface area contributed by atoms with Crippen LogP contribution in [0.2, 0.25) is 0 Å². The molecule has 1 heterocycles. The number of hydrogen-bond donors (Lipinski definition) is 1. The number of benzene rings is 1. The molecule has 0 saturated carbocycles. The molecule has 14 heavy (non-hydrogen) atoms. The minimum Gasteiger partial charge on any atom is -0.550 e. The van der Waals surface area contributed by atoms with Crippen LogP contribution in [0.15, 0.2) is 24.3 Å². The fourth-order valence-electron chi connectivity index (χ4n) is 1.86. The maximum absolute atomic E-state index is 10.4. The Hall–Kier alpha value is -1.51. The van der Waals surface area contributed by atoms with Gasteiger partial charge in [-0.05, 0) is 24.5 Å². The number of anilines is 1. The summed E-state index contributed by atoms with van der Waals surface area (Å²) in [5.41, 5.74) is 2.33. The third kappa shape index (κ3) is 1.87. The van der Waals surface area contributed by atoms with Crippen molar-refractivity contribution in [3.8, 4) is 0 Å². The Kier molecular flexibility index (Phi) is 2.39. The van der Waals surface area contributed by atoms with E-state index in [1.807, 2.05) is 18.2 Å². The van der Waals surface area contributed by atoms with Crippen LogP contribution in [0.5, 0.6) is 0 Å². The fourth-order valence-corrected chi connectivity index (χ4v) is 1.86. The van der Waals surface area contributed by atoms with Crippen molar-refractivity contribution in [3.05, 3.63) is 29.8 Å². The zero-order chi connectivity index (χ0) is 9.97. The van der Waals surface area contributed by atoms with E-state index in [1.165, 1.54) is 5.56 Å². The molecular weight excluding hydrogens is 178 g/mol. The normalized spacial score (nSPS) is 19.6. The number of carbonyl (C=O) groups is 1. The smallest absolute Gasteiger partial charge is 0.0434 e. The predicted octanol–water partition coefficient (Wildman–Crippen LogP) is 0.553. The Balaban J connectivity index is 2.09. The fraction of sp³-hybridized carbons (Fsp3) is 0.364. The zero-order valence-electron chi connectivity index (χ0n) is 7.82. The molecule has 1 N–H and O–H groups in total. The topological polar surface area (TPSA) is 52.2 Å². The Morgan fingerprint density at radius 1 is 1.50 bits per heavy atom. The average Bonchev–Trinajstić information content (AvgIpc) is 2.17. The van der Waals surface area contributed by atoms with E-state index >= 15 is 0 Å². The minimum absolute atomic E-state index is 0.0231. The van der Waals surface area contributed by atoms with Gasteiger partial charge in [-0.25, -0.2) is 0 Å². The number of aryl methyl sites for hydroxylation is 1. The van der Waals surface area contributed by atoms with Gasteiger partial charge >= 0.3 is 0 Å². The van der Waals surface area contributed by atoms with Crippen LogP contribution in [-0.2, 0) is 11.2 Å². The number of para-hydroxylation sites is 1. The van der Waals surface area contributed by atoms with Crippen LogP contribution < -0.4 is 10.4 Å². The first-order valence-corrected chi connectivity index (χ1v) is 4.80. The van der Waals surface area contributed by atoms with Crippen LogP contribution in [0.3, 0.4) is 0 Å². The van der Waals surface area contributed by atoms with Crippen molar-refractivity contribution in [1.29, 1.82) is 0 Å². The van der Waals surface area contributed by atoms with E-state index in [9.17, 15) is 9.90 Å². The van der Waals surface area contributed by atoms with Crippen LogP contribution in [0.25, 0.3) is 0 Å². The number of nitrogens with one attached hydrogen (secondary N) is 1. The summed E-state index contributed by atoms with van der Waals surface area (Å²) in [6, 6.07) is 8.02. The summed E-state index contributed by atoms with van der Waals surface area (Å²) >= 11 is 0. The molecule has 1 aromatic rings. The predicted molar refractivity (Wildman–Crippen MR) is 51.8 cm³/mol. The zero-order valence-corrected chi connectivity index (χ0v) is 7.82. The minimum atomic E-state index is -0.984. The summed E-state index contributed by atoms with van der Waals surface area (Å²) in [5.74, 6) is -0.984. The number of hydrogen-bond acceptors (Lipinski definition) is 3. The number of carboxylic acids is 1. The third-order valence-corrected chi connectivity index (χ3v) is 2.55. The number of aliphatic carboxylic acids is 1. The number of carbonyl (C=O) groups excluding carboxylic acids is 1. The molecule has 0 unspecified atom stereocenters. The van der Waals surface area contributed by atoms with Crippen LogP contribution in [-0.4, -0.2) is 12.0 Å². The number of carboxylic acid groups (broad SMARTS) is 1. The van der Waals surface area contributed by atoms with Crippen molar-refractivity contribution in [3.63, 3.8) is 0 Å². The van der Waals surface area contributed by atoms with Gasteiger partial charge in [0.15, 0.2) is 0 Å². The summed E-state index contributed by atoms with van der Waals surface area (Å²) in [6.45, 7) is 0. The summed E-state index contributed by atoms with van der Waals surface area (Å²) in [5, 5.41) is 13.6. The van der Waals surface area contributed by atoms with Crippen LogP contribution in [0, 0.1) is 0 Å². The van der Waals surface area contributed by atoms with Gasteiger partial charge in [-0.3, -0.25) is 0 Å². The molecule has 1 atom stereocenters. The molecule has 0 radical (unpaired) electrons. The highest BCUT2D eigenvalue weighted by molar-refractivity contribution is 5.66. The van der Waals surface area contributed by atoms with E-state index < -0.39 is 5.97 Å².